The minimum Gasteiger partial charge on any atom is -0.376 e. The lowest BCUT2D eigenvalue weighted by atomic mass is 10.2. The molecule has 0 aliphatic heterocycles. The van der Waals surface area contributed by atoms with Gasteiger partial charge in [0.2, 0.25) is 11.8 Å². The van der Waals surface area contributed by atoms with Gasteiger partial charge in [-0.15, -0.1) is 0 Å². The summed E-state index contributed by atoms with van der Waals surface area (Å²) in [6, 6.07) is 9.30. The highest BCUT2D eigenvalue weighted by Crippen LogP contribution is 2.13. The second kappa shape index (κ2) is 8.14. The van der Waals surface area contributed by atoms with E-state index in [1.54, 1.807) is 24.8 Å². The number of carbonyl (C=O) groups is 2. The third-order valence-corrected chi connectivity index (χ3v) is 3.48. The van der Waals surface area contributed by atoms with Gasteiger partial charge >= 0.3 is 0 Å². The normalized spacial score (nSPS) is 10.3. The lowest BCUT2D eigenvalue weighted by Gasteiger charge is -2.19. The van der Waals surface area contributed by atoms with Crippen LogP contribution in [0.4, 0.5) is 11.5 Å². The summed E-state index contributed by atoms with van der Waals surface area (Å²) in [5.74, 6) is 0.857. The van der Waals surface area contributed by atoms with E-state index in [4.69, 9.17) is 4.52 Å². The quantitative estimate of drug-likeness (QED) is 0.814. The fraction of sp³-hybridized carbons (Fsp3) is 0.353. The molecule has 1 aromatic heterocycles. The molecule has 0 bridgehead atoms. The molecule has 7 nitrogen and oxygen atoms in total. The van der Waals surface area contributed by atoms with Crippen molar-refractivity contribution in [3.05, 3.63) is 41.7 Å². The fourth-order valence-electron chi connectivity index (χ4n) is 2.24. The van der Waals surface area contributed by atoms with E-state index >= 15 is 0 Å². The van der Waals surface area contributed by atoms with Crippen molar-refractivity contribution in [1.29, 1.82) is 0 Å². The van der Waals surface area contributed by atoms with Crippen molar-refractivity contribution in [3.8, 4) is 0 Å². The average molecular weight is 330 g/mol. The van der Waals surface area contributed by atoms with E-state index in [9.17, 15) is 9.59 Å². The Kier molecular flexibility index (Phi) is 5.95. The summed E-state index contributed by atoms with van der Waals surface area (Å²) in [6.07, 6.45) is 0. The van der Waals surface area contributed by atoms with Crippen LogP contribution >= 0.6 is 0 Å². The molecule has 0 atom stereocenters. The molecule has 7 heteroatoms. The zero-order valence-corrected chi connectivity index (χ0v) is 14.1. The first-order valence-corrected chi connectivity index (χ1v) is 7.79. The lowest BCUT2D eigenvalue weighted by molar-refractivity contribution is -0.129. The van der Waals surface area contributed by atoms with Gasteiger partial charge in [-0.1, -0.05) is 17.3 Å². The first-order chi connectivity index (χ1) is 11.5. The van der Waals surface area contributed by atoms with Gasteiger partial charge in [0.05, 0.1) is 6.54 Å². The van der Waals surface area contributed by atoms with E-state index in [0.29, 0.717) is 24.7 Å². The van der Waals surface area contributed by atoms with Crippen molar-refractivity contribution in [3.63, 3.8) is 0 Å². The van der Waals surface area contributed by atoms with Gasteiger partial charge in [0.1, 0.15) is 5.76 Å². The number of hydrogen-bond donors (Lipinski definition) is 2. The predicted octanol–water partition coefficient (Wildman–Crippen LogP) is 2.40. The van der Waals surface area contributed by atoms with E-state index < -0.39 is 0 Å². The molecule has 2 N–H and O–H groups in total. The van der Waals surface area contributed by atoms with Crippen LogP contribution in [0.25, 0.3) is 0 Å². The molecular weight excluding hydrogens is 308 g/mol. The molecule has 0 aliphatic carbocycles. The SMILES string of the molecule is CCN(Cc1cccc(NCC(=O)Nc2cc(C)on2)c1)C(C)=O. The largest absolute Gasteiger partial charge is 0.376 e. The molecule has 2 amide bonds. The number of benzene rings is 1. The van der Waals surface area contributed by atoms with Crippen LogP contribution in [0.15, 0.2) is 34.9 Å². The highest BCUT2D eigenvalue weighted by molar-refractivity contribution is 5.92. The fourth-order valence-corrected chi connectivity index (χ4v) is 2.24. The average Bonchev–Trinajstić information content (AvgIpc) is 2.95. The second-order valence-corrected chi connectivity index (χ2v) is 5.46. The molecule has 0 spiro atoms. The molecule has 128 valence electrons. The van der Waals surface area contributed by atoms with Crippen LogP contribution in [0.3, 0.4) is 0 Å². The second-order valence-electron chi connectivity index (χ2n) is 5.46. The van der Waals surface area contributed by atoms with Crippen molar-refractivity contribution in [2.75, 3.05) is 23.7 Å². The van der Waals surface area contributed by atoms with Gasteiger partial charge in [-0.25, -0.2) is 0 Å². The summed E-state index contributed by atoms with van der Waals surface area (Å²) in [5, 5.41) is 9.41. The van der Waals surface area contributed by atoms with Crippen molar-refractivity contribution in [2.45, 2.75) is 27.3 Å². The van der Waals surface area contributed by atoms with Crippen LogP contribution in [0.2, 0.25) is 0 Å². The summed E-state index contributed by atoms with van der Waals surface area (Å²) in [4.78, 5) is 25.1. The van der Waals surface area contributed by atoms with E-state index in [-0.39, 0.29) is 18.4 Å². The van der Waals surface area contributed by atoms with E-state index in [1.165, 1.54) is 0 Å². The van der Waals surface area contributed by atoms with Crippen LogP contribution in [0, 0.1) is 6.92 Å². The Bertz CT molecular complexity index is 711. The van der Waals surface area contributed by atoms with Crippen molar-refractivity contribution in [2.24, 2.45) is 0 Å². The highest BCUT2D eigenvalue weighted by atomic mass is 16.5. The van der Waals surface area contributed by atoms with Gasteiger partial charge in [-0.3, -0.25) is 9.59 Å². The molecule has 0 aliphatic rings. The molecule has 1 heterocycles. The van der Waals surface area contributed by atoms with Crippen LogP contribution in [0.1, 0.15) is 25.2 Å². The summed E-state index contributed by atoms with van der Waals surface area (Å²) < 4.78 is 4.89. The number of rotatable bonds is 7. The minimum atomic E-state index is -0.215. The van der Waals surface area contributed by atoms with Gasteiger partial charge in [0, 0.05) is 31.8 Å². The monoisotopic (exact) mass is 330 g/mol. The lowest BCUT2D eigenvalue weighted by Crippen LogP contribution is -2.27. The minimum absolute atomic E-state index is 0.0399. The number of amides is 2. The first kappa shape index (κ1) is 17.5. The molecule has 0 unspecified atom stereocenters. The summed E-state index contributed by atoms with van der Waals surface area (Å²) >= 11 is 0. The molecule has 0 saturated heterocycles. The first-order valence-electron chi connectivity index (χ1n) is 7.79. The highest BCUT2D eigenvalue weighted by Gasteiger charge is 2.08. The number of aromatic nitrogens is 1. The molecular formula is C17H22N4O3. The Morgan fingerprint density at radius 1 is 1.29 bits per heavy atom. The van der Waals surface area contributed by atoms with Gasteiger partial charge in [-0.05, 0) is 31.5 Å². The van der Waals surface area contributed by atoms with E-state index in [0.717, 1.165) is 11.3 Å². The zero-order chi connectivity index (χ0) is 17.5. The zero-order valence-electron chi connectivity index (χ0n) is 14.1. The van der Waals surface area contributed by atoms with E-state index in [1.807, 2.05) is 31.2 Å². The maximum absolute atomic E-state index is 11.9. The molecule has 1 aromatic carbocycles. The maximum atomic E-state index is 11.9. The Morgan fingerprint density at radius 3 is 2.71 bits per heavy atom. The van der Waals surface area contributed by atoms with Gasteiger partial charge < -0.3 is 20.1 Å². The topological polar surface area (TPSA) is 87.5 Å². The Hall–Kier alpha value is -2.83. The Labute approximate surface area is 141 Å². The van der Waals surface area contributed by atoms with Gasteiger partial charge in [0.15, 0.2) is 5.82 Å². The summed E-state index contributed by atoms with van der Waals surface area (Å²) in [6.45, 7) is 6.58. The molecule has 0 fully saturated rings. The molecule has 2 rings (SSSR count). The Morgan fingerprint density at radius 2 is 2.08 bits per heavy atom. The number of aryl methyl sites for hydroxylation is 1. The molecule has 0 radical (unpaired) electrons. The van der Waals surface area contributed by atoms with Crippen molar-refractivity contribution < 1.29 is 14.1 Å². The predicted molar refractivity (Wildman–Crippen MR) is 91.6 cm³/mol. The summed E-state index contributed by atoms with van der Waals surface area (Å²) in [5.41, 5.74) is 1.82. The molecule has 0 saturated carbocycles. The van der Waals surface area contributed by atoms with Crippen LogP contribution in [0.5, 0.6) is 0 Å². The number of nitrogens with one attached hydrogen (secondary N) is 2. The van der Waals surface area contributed by atoms with Crippen LogP contribution in [-0.4, -0.2) is 35.0 Å². The van der Waals surface area contributed by atoms with Crippen LogP contribution < -0.4 is 10.6 Å². The van der Waals surface area contributed by atoms with E-state index in [2.05, 4.69) is 15.8 Å². The van der Waals surface area contributed by atoms with Crippen molar-refractivity contribution >= 4 is 23.3 Å². The molecule has 2 aromatic rings. The number of carbonyl (C=O) groups excluding carboxylic acids is 2. The third-order valence-electron chi connectivity index (χ3n) is 3.48. The maximum Gasteiger partial charge on any atom is 0.244 e. The third kappa shape index (κ3) is 5.12. The van der Waals surface area contributed by atoms with Crippen LogP contribution in [-0.2, 0) is 16.1 Å². The smallest absolute Gasteiger partial charge is 0.244 e. The Balaban J connectivity index is 1.89. The number of anilines is 2. The molecule has 24 heavy (non-hydrogen) atoms. The summed E-state index contributed by atoms with van der Waals surface area (Å²) in [7, 11) is 0. The number of nitrogens with zero attached hydrogens (tertiary/aromatic N) is 2. The van der Waals surface area contributed by atoms with Crippen molar-refractivity contribution in [1.82, 2.24) is 10.1 Å². The number of hydrogen-bond acceptors (Lipinski definition) is 5. The van der Waals surface area contributed by atoms with Gasteiger partial charge in [-0.2, -0.15) is 0 Å². The van der Waals surface area contributed by atoms with Gasteiger partial charge in [0.25, 0.3) is 0 Å². The standard InChI is InChI=1S/C17H22N4O3/c1-4-21(13(3)22)11-14-6-5-7-15(9-14)18-10-17(23)19-16-8-12(2)24-20-16/h5-9,18H,4,10-11H2,1-3H3,(H,19,20,23).